The summed E-state index contributed by atoms with van der Waals surface area (Å²) in [5, 5.41) is 13.7. The Bertz CT molecular complexity index is 849. The molecule has 1 aliphatic heterocycles. The number of nitrogens with zero attached hydrogens (tertiary/aromatic N) is 2. The summed E-state index contributed by atoms with van der Waals surface area (Å²) in [6, 6.07) is 2.47. The number of carbonyl (C=O) groups excluding carboxylic acids is 2. The Kier molecular flexibility index (Phi) is 5.68. The summed E-state index contributed by atoms with van der Waals surface area (Å²) in [6.45, 7) is 3.61. The first-order valence-corrected chi connectivity index (χ1v) is 7.65. The summed E-state index contributed by atoms with van der Waals surface area (Å²) in [5.74, 6) is -1.06. The smallest absolute Gasteiger partial charge is 0.280 e. The minimum Gasteiger partial charge on any atom is -0.493 e. The summed E-state index contributed by atoms with van der Waals surface area (Å²) >= 11 is 4.96. The molecule has 0 saturated carbocycles. The van der Waals surface area contributed by atoms with Crippen LogP contribution in [0, 0.1) is 10.1 Å². The fraction of sp³-hybridized carbons (Fsp3) is 0.188. The molecular weight excluding hydrogens is 362 g/mol. The zero-order chi connectivity index (χ0) is 19.4. The van der Waals surface area contributed by atoms with Gasteiger partial charge in [0.1, 0.15) is 5.57 Å². The molecule has 2 rings (SSSR count). The fourth-order valence-electron chi connectivity index (χ4n) is 2.30. The predicted octanol–water partition coefficient (Wildman–Crippen LogP) is 1.42. The number of rotatable bonds is 6. The number of ether oxygens (including phenoxy) is 2. The standard InChI is InChI=1S/C16H15N3O6S/c1-4-5-18-15(21)10(14(20)17-16(18)26)6-9-7-12(24-2)13(25-3)8-11(9)19(22)23/h4,6-8H,1,5H2,2-3H3,(H,17,20,26)/b10-6+. The fourth-order valence-corrected chi connectivity index (χ4v) is 2.55. The van der Waals surface area contributed by atoms with Crippen molar-refractivity contribution in [1.29, 1.82) is 0 Å². The van der Waals surface area contributed by atoms with Crippen molar-refractivity contribution in [2.45, 2.75) is 0 Å². The predicted molar refractivity (Wildman–Crippen MR) is 96.8 cm³/mol. The van der Waals surface area contributed by atoms with Gasteiger partial charge in [-0.2, -0.15) is 0 Å². The Hall–Kier alpha value is -3.27. The third-order valence-electron chi connectivity index (χ3n) is 3.53. The molecule has 1 heterocycles. The number of hydrogen-bond donors (Lipinski definition) is 1. The lowest BCUT2D eigenvalue weighted by molar-refractivity contribution is -0.385. The van der Waals surface area contributed by atoms with E-state index in [1.807, 2.05) is 0 Å². The van der Waals surface area contributed by atoms with Crippen molar-refractivity contribution >= 4 is 40.9 Å². The number of amides is 2. The Balaban J connectivity index is 2.61. The first kappa shape index (κ1) is 19.1. The third kappa shape index (κ3) is 3.54. The van der Waals surface area contributed by atoms with Crippen LogP contribution in [0.2, 0.25) is 0 Å². The number of methoxy groups -OCH3 is 2. The van der Waals surface area contributed by atoms with Gasteiger partial charge in [0.25, 0.3) is 17.5 Å². The second-order valence-electron chi connectivity index (χ2n) is 5.04. The SMILES string of the molecule is C=CCN1C(=O)/C(=C/c2cc(OC)c(OC)cc2[N+](=O)[O-])C(=O)NC1=S. The number of nitro groups is 1. The number of thiocarbonyl (C=S) groups is 1. The molecule has 0 bridgehead atoms. The van der Waals surface area contributed by atoms with Crippen LogP contribution in [0.15, 0.2) is 30.4 Å². The van der Waals surface area contributed by atoms with Crippen LogP contribution in [0.25, 0.3) is 6.08 Å². The molecule has 1 fully saturated rings. The van der Waals surface area contributed by atoms with E-state index in [1.165, 1.54) is 26.4 Å². The molecule has 2 amide bonds. The molecule has 0 aliphatic carbocycles. The van der Waals surface area contributed by atoms with Crippen molar-refractivity contribution in [3.05, 3.63) is 46.0 Å². The second kappa shape index (κ2) is 7.74. The van der Waals surface area contributed by atoms with E-state index in [0.29, 0.717) is 0 Å². The molecular formula is C16H15N3O6S. The van der Waals surface area contributed by atoms with Gasteiger partial charge in [-0.3, -0.25) is 29.9 Å². The van der Waals surface area contributed by atoms with Gasteiger partial charge in [-0.1, -0.05) is 6.08 Å². The lowest BCUT2D eigenvalue weighted by Gasteiger charge is -2.27. The van der Waals surface area contributed by atoms with Crippen molar-refractivity contribution in [3.63, 3.8) is 0 Å². The molecule has 1 aromatic rings. The van der Waals surface area contributed by atoms with E-state index in [2.05, 4.69) is 11.9 Å². The highest BCUT2D eigenvalue weighted by molar-refractivity contribution is 7.80. The molecule has 136 valence electrons. The van der Waals surface area contributed by atoms with Crippen molar-refractivity contribution in [2.75, 3.05) is 20.8 Å². The van der Waals surface area contributed by atoms with Gasteiger partial charge >= 0.3 is 0 Å². The number of nitrogens with one attached hydrogen (secondary N) is 1. The average molecular weight is 377 g/mol. The van der Waals surface area contributed by atoms with Gasteiger partial charge < -0.3 is 9.47 Å². The molecule has 0 aromatic heterocycles. The molecule has 9 nitrogen and oxygen atoms in total. The first-order valence-electron chi connectivity index (χ1n) is 7.24. The van der Waals surface area contributed by atoms with E-state index >= 15 is 0 Å². The molecule has 1 N–H and O–H groups in total. The molecule has 10 heteroatoms. The van der Waals surface area contributed by atoms with E-state index in [1.54, 1.807) is 0 Å². The highest BCUT2D eigenvalue weighted by Gasteiger charge is 2.33. The van der Waals surface area contributed by atoms with Crippen LogP contribution in [0.5, 0.6) is 11.5 Å². The maximum atomic E-state index is 12.5. The quantitative estimate of drug-likeness (QED) is 0.199. The van der Waals surface area contributed by atoms with Gasteiger partial charge in [-0.25, -0.2) is 0 Å². The van der Waals surface area contributed by atoms with E-state index < -0.39 is 16.7 Å². The van der Waals surface area contributed by atoms with Gasteiger partial charge in [0.2, 0.25) is 0 Å². The van der Waals surface area contributed by atoms with E-state index in [0.717, 1.165) is 17.0 Å². The number of nitro benzene ring substituents is 1. The Morgan fingerprint density at radius 2 is 1.92 bits per heavy atom. The van der Waals surface area contributed by atoms with Crippen molar-refractivity contribution < 1.29 is 24.0 Å². The highest BCUT2D eigenvalue weighted by Crippen LogP contribution is 2.35. The van der Waals surface area contributed by atoms with Gasteiger partial charge in [0.05, 0.1) is 30.8 Å². The van der Waals surface area contributed by atoms with E-state index in [4.69, 9.17) is 21.7 Å². The largest absolute Gasteiger partial charge is 0.493 e. The number of benzene rings is 1. The Morgan fingerprint density at radius 3 is 2.46 bits per heavy atom. The lowest BCUT2D eigenvalue weighted by atomic mass is 10.0. The molecule has 0 unspecified atom stereocenters. The summed E-state index contributed by atoms with van der Waals surface area (Å²) < 4.78 is 10.2. The zero-order valence-corrected chi connectivity index (χ0v) is 14.8. The molecule has 1 aliphatic rings. The average Bonchev–Trinajstić information content (AvgIpc) is 2.61. The third-order valence-corrected chi connectivity index (χ3v) is 3.85. The van der Waals surface area contributed by atoms with Crippen LogP contribution in [-0.2, 0) is 9.59 Å². The Labute approximate surface area is 154 Å². The van der Waals surface area contributed by atoms with Crippen molar-refractivity contribution in [1.82, 2.24) is 10.2 Å². The second-order valence-corrected chi connectivity index (χ2v) is 5.43. The topological polar surface area (TPSA) is 111 Å². The number of carbonyl (C=O) groups is 2. The van der Waals surface area contributed by atoms with E-state index in [9.17, 15) is 19.7 Å². The molecule has 0 spiro atoms. The normalized spacial score (nSPS) is 15.7. The molecule has 26 heavy (non-hydrogen) atoms. The maximum Gasteiger partial charge on any atom is 0.280 e. The van der Waals surface area contributed by atoms with Gasteiger partial charge in [-0.05, 0) is 24.4 Å². The minimum atomic E-state index is -0.746. The summed E-state index contributed by atoms with van der Waals surface area (Å²) in [6.07, 6.45) is 2.56. The highest BCUT2D eigenvalue weighted by atomic mass is 32.1. The first-order chi connectivity index (χ1) is 12.3. The van der Waals surface area contributed by atoms with Crippen LogP contribution in [0.4, 0.5) is 5.69 Å². The summed E-state index contributed by atoms with van der Waals surface area (Å²) in [7, 11) is 2.70. The van der Waals surface area contributed by atoms with E-state index in [-0.39, 0.29) is 40.0 Å². The molecule has 1 aromatic carbocycles. The number of hydrogen-bond acceptors (Lipinski definition) is 7. The lowest BCUT2D eigenvalue weighted by Crippen LogP contribution is -2.53. The molecule has 1 saturated heterocycles. The van der Waals surface area contributed by atoms with Crippen LogP contribution >= 0.6 is 12.2 Å². The Morgan fingerprint density at radius 1 is 1.31 bits per heavy atom. The monoisotopic (exact) mass is 377 g/mol. The molecule has 0 radical (unpaired) electrons. The zero-order valence-electron chi connectivity index (χ0n) is 14.0. The summed E-state index contributed by atoms with van der Waals surface area (Å²) in [5.41, 5.74) is -0.632. The van der Waals surface area contributed by atoms with Crippen molar-refractivity contribution in [3.8, 4) is 11.5 Å². The van der Waals surface area contributed by atoms with Crippen LogP contribution in [-0.4, -0.2) is 47.5 Å². The van der Waals surface area contributed by atoms with Gasteiger partial charge in [-0.15, -0.1) is 6.58 Å². The minimum absolute atomic E-state index is 0.0116. The van der Waals surface area contributed by atoms with Crippen LogP contribution in [0.3, 0.4) is 0 Å². The van der Waals surface area contributed by atoms with Gasteiger partial charge in [0.15, 0.2) is 16.6 Å². The summed E-state index contributed by atoms with van der Waals surface area (Å²) in [4.78, 5) is 36.5. The maximum absolute atomic E-state index is 12.5. The molecule has 0 atom stereocenters. The van der Waals surface area contributed by atoms with Gasteiger partial charge in [0, 0.05) is 6.54 Å². The van der Waals surface area contributed by atoms with Crippen molar-refractivity contribution in [2.24, 2.45) is 0 Å². The van der Waals surface area contributed by atoms with Crippen LogP contribution in [0.1, 0.15) is 5.56 Å². The van der Waals surface area contributed by atoms with Crippen LogP contribution < -0.4 is 14.8 Å².